The first-order valence-corrected chi connectivity index (χ1v) is 9.82. The van der Waals surface area contributed by atoms with Crippen molar-refractivity contribution < 1.29 is 24.6 Å². The predicted octanol–water partition coefficient (Wildman–Crippen LogP) is 1.99. The van der Waals surface area contributed by atoms with E-state index in [4.69, 9.17) is 0 Å². The van der Waals surface area contributed by atoms with Gasteiger partial charge in [-0.05, 0) is 67.8 Å². The van der Waals surface area contributed by atoms with Crippen molar-refractivity contribution in [3.05, 3.63) is 11.6 Å². The Kier molecular flexibility index (Phi) is 3.88. The van der Waals surface area contributed by atoms with E-state index in [1.54, 1.807) is 0 Å². The quantitative estimate of drug-likeness (QED) is 0.580. The van der Waals surface area contributed by atoms with E-state index in [0.717, 1.165) is 25.7 Å². The minimum atomic E-state index is -1.97. The summed E-state index contributed by atoms with van der Waals surface area (Å²) in [5, 5.41) is 21.7. The average Bonchev–Trinajstić information content (AvgIpc) is 2.83. The van der Waals surface area contributed by atoms with Crippen LogP contribution in [0.25, 0.3) is 0 Å². The van der Waals surface area contributed by atoms with Gasteiger partial charge in [-0.15, -0.1) is 0 Å². The minimum Gasteiger partial charge on any atom is -0.390 e. The summed E-state index contributed by atoms with van der Waals surface area (Å²) in [4.78, 5) is 35.3. The topological polar surface area (TPSA) is 91.7 Å². The van der Waals surface area contributed by atoms with Gasteiger partial charge in [-0.25, -0.2) is 0 Å². The van der Waals surface area contributed by atoms with E-state index in [1.165, 1.54) is 5.57 Å². The van der Waals surface area contributed by atoms with Gasteiger partial charge >= 0.3 is 0 Å². The van der Waals surface area contributed by atoms with Crippen LogP contribution in [0.3, 0.4) is 0 Å². The summed E-state index contributed by atoms with van der Waals surface area (Å²) >= 11 is 0. The summed E-state index contributed by atoms with van der Waals surface area (Å²) in [5.41, 5.74) is -1.48. The van der Waals surface area contributed by atoms with Crippen LogP contribution in [0.4, 0.5) is 0 Å². The van der Waals surface area contributed by atoms with Gasteiger partial charge in [-0.2, -0.15) is 0 Å². The van der Waals surface area contributed by atoms with Gasteiger partial charge in [-0.1, -0.05) is 19.4 Å². The van der Waals surface area contributed by atoms with Crippen LogP contribution < -0.4 is 0 Å². The molecule has 3 fully saturated rings. The molecule has 0 bridgehead atoms. The molecule has 0 aromatic rings. The zero-order chi connectivity index (χ0) is 18.9. The number of aliphatic hydroxyl groups is 2. The predicted molar refractivity (Wildman–Crippen MR) is 94.1 cm³/mol. The van der Waals surface area contributed by atoms with Gasteiger partial charge in [0.15, 0.2) is 17.7 Å². The third kappa shape index (κ3) is 2.02. The molecule has 3 saturated carbocycles. The fourth-order valence-electron chi connectivity index (χ4n) is 7.11. The lowest BCUT2D eigenvalue weighted by Gasteiger charge is -2.58. The van der Waals surface area contributed by atoms with Gasteiger partial charge in [0, 0.05) is 11.8 Å². The van der Waals surface area contributed by atoms with Crippen LogP contribution in [-0.2, 0) is 14.4 Å². The largest absolute Gasteiger partial charge is 0.390 e. The number of rotatable bonds is 2. The molecule has 2 N–H and O–H groups in total. The van der Waals surface area contributed by atoms with Crippen LogP contribution in [-0.4, -0.2) is 39.8 Å². The van der Waals surface area contributed by atoms with E-state index in [-0.39, 0.29) is 23.4 Å². The van der Waals surface area contributed by atoms with Crippen LogP contribution >= 0.6 is 0 Å². The molecule has 7 atom stereocenters. The molecule has 0 aromatic carbocycles. The maximum atomic E-state index is 12.3. The molecule has 26 heavy (non-hydrogen) atoms. The number of Topliss-reactive ketones (excluding diaryl/α,β-unsaturated/α-hetero) is 1. The lowest BCUT2D eigenvalue weighted by atomic mass is 9.46. The molecule has 0 heterocycles. The molecule has 4 aliphatic rings. The first-order valence-electron chi connectivity index (χ1n) is 9.82. The second-order valence-electron chi connectivity index (χ2n) is 9.42. The van der Waals surface area contributed by atoms with Crippen molar-refractivity contribution >= 4 is 17.9 Å². The van der Waals surface area contributed by atoms with Crippen molar-refractivity contribution in [3.8, 4) is 0 Å². The molecule has 142 valence electrons. The highest BCUT2D eigenvalue weighted by Crippen LogP contribution is 2.67. The Hall–Kier alpha value is -1.33. The lowest BCUT2D eigenvalue weighted by molar-refractivity contribution is -0.175. The standard InChI is InChI=1S/C21H28O5/c1-19-7-5-13(23)9-12(19)3-4-14-15(19)6-8-20(2)16(14)10-17(24)21(20,26)18(25)11-22/h9,11,14-17,24,26H,3-8,10H2,1-2H3/t14-,15+,16+,17?,19+,20+,21+/m1/s1. The van der Waals surface area contributed by atoms with Crippen LogP contribution in [0, 0.1) is 28.6 Å². The molecular weight excluding hydrogens is 332 g/mol. The summed E-state index contributed by atoms with van der Waals surface area (Å²) < 4.78 is 0. The Bertz CT molecular complexity index is 711. The molecule has 1 unspecified atom stereocenters. The highest BCUT2D eigenvalue weighted by atomic mass is 16.4. The van der Waals surface area contributed by atoms with Crippen molar-refractivity contribution in [2.75, 3.05) is 0 Å². The van der Waals surface area contributed by atoms with E-state index in [1.807, 2.05) is 13.0 Å². The number of ketones is 2. The Balaban J connectivity index is 1.72. The molecule has 5 heteroatoms. The van der Waals surface area contributed by atoms with Crippen LogP contribution in [0.15, 0.2) is 11.6 Å². The summed E-state index contributed by atoms with van der Waals surface area (Å²) in [6.07, 6.45) is 5.88. The molecule has 5 nitrogen and oxygen atoms in total. The van der Waals surface area contributed by atoms with E-state index in [9.17, 15) is 24.6 Å². The third-order valence-corrected chi connectivity index (χ3v) is 8.66. The first kappa shape index (κ1) is 18.1. The molecule has 4 aliphatic carbocycles. The smallest absolute Gasteiger partial charge is 0.229 e. The number of carbonyl (C=O) groups excluding carboxylic acids is 3. The van der Waals surface area contributed by atoms with Gasteiger partial charge in [0.25, 0.3) is 0 Å². The molecule has 4 rings (SSSR count). The summed E-state index contributed by atoms with van der Waals surface area (Å²) in [6.45, 7) is 4.14. The number of allylic oxidation sites excluding steroid dienone is 1. The number of aliphatic hydroxyl groups excluding tert-OH is 1. The lowest BCUT2D eigenvalue weighted by Crippen LogP contribution is -2.60. The van der Waals surface area contributed by atoms with Crippen LogP contribution in [0.5, 0.6) is 0 Å². The Labute approximate surface area is 153 Å². The fraction of sp³-hybridized carbons (Fsp3) is 0.762. The SMILES string of the molecule is C[C@]12CCC(=O)C=C1CC[C@@H]1[C@@H]2CC[C@@]2(C)[C@H]1CC(O)[C@]2(O)C(=O)C=O. The zero-order valence-corrected chi connectivity index (χ0v) is 15.5. The van der Waals surface area contributed by atoms with Gasteiger partial charge in [0.05, 0.1) is 6.10 Å². The van der Waals surface area contributed by atoms with Crippen molar-refractivity contribution in [2.45, 2.75) is 70.5 Å². The Morgan fingerprint density at radius 1 is 1.19 bits per heavy atom. The van der Waals surface area contributed by atoms with Crippen molar-refractivity contribution in [1.29, 1.82) is 0 Å². The Morgan fingerprint density at radius 2 is 1.92 bits per heavy atom. The summed E-state index contributed by atoms with van der Waals surface area (Å²) in [5.74, 6) is 0.0427. The van der Waals surface area contributed by atoms with Crippen molar-refractivity contribution in [2.24, 2.45) is 28.6 Å². The van der Waals surface area contributed by atoms with E-state index < -0.39 is 22.9 Å². The number of carbonyl (C=O) groups is 3. The van der Waals surface area contributed by atoms with E-state index >= 15 is 0 Å². The zero-order valence-electron chi connectivity index (χ0n) is 15.5. The number of hydrogen-bond acceptors (Lipinski definition) is 5. The molecule has 0 spiro atoms. The molecule has 0 aromatic heterocycles. The molecule has 0 amide bonds. The van der Waals surface area contributed by atoms with E-state index in [2.05, 4.69) is 6.92 Å². The first-order chi connectivity index (χ1) is 12.2. The van der Waals surface area contributed by atoms with Gasteiger partial charge in [0.2, 0.25) is 5.78 Å². The maximum absolute atomic E-state index is 12.3. The number of aldehydes is 1. The van der Waals surface area contributed by atoms with Crippen molar-refractivity contribution in [1.82, 2.24) is 0 Å². The summed E-state index contributed by atoms with van der Waals surface area (Å²) in [6, 6.07) is 0. The normalized spacial score (nSPS) is 50.3. The van der Waals surface area contributed by atoms with Crippen LogP contribution in [0.2, 0.25) is 0 Å². The maximum Gasteiger partial charge on any atom is 0.229 e. The highest BCUT2D eigenvalue weighted by molar-refractivity contribution is 6.29. The highest BCUT2D eigenvalue weighted by Gasteiger charge is 2.69. The monoisotopic (exact) mass is 360 g/mol. The fourth-order valence-corrected chi connectivity index (χ4v) is 7.11. The van der Waals surface area contributed by atoms with Crippen molar-refractivity contribution in [3.63, 3.8) is 0 Å². The molecule has 0 radical (unpaired) electrons. The molecule has 0 aliphatic heterocycles. The van der Waals surface area contributed by atoms with Crippen LogP contribution in [0.1, 0.15) is 58.8 Å². The number of fused-ring (bicyclic) bond motifs is 5. The third-order valence-electron chi connectivity index (χ3n) is 8.66. The second kappa shape index (κ2) is 5.59. The average molecular weight is 360 g/mol. The number of hydrogen-bond donors (Lipinski definition) is 2. The van der Waals surface area contributed by atoms with E-state index in [0.29, 0.717) is 31.1 Å². The summed E-state index contributed by atoms with van der Waals surface area (Å²) in [7, 11) is 0. The van der Waals surface area contributed by atoms with Gasteiger partial charge in [0.1, 0.15) is 0 Å². The van der Waals surface area contributed by atoms with Gasteiger partial charge < -0.3 is 10.2 Å². The van der Waals surface area contributed by atoms with Gasteiger partial charge in [-0.3, -0.25) is 14.4 Å². The minimum absolute atomic E-state index is 0.00151. The second-order valence-corrected chi connectivity index (χ2v) is 9.42. The molecule has 0 saturated heterocycles. The Morgan fingerprint density at radius 3 is 2.62 bits per heavy atom. The molecular formula is C21H28O5.